The number of hydrogen-bond donors (Lipinski definition) is 2. The SMILES string of the molecule is N#Cc1cc(Cl)cc(Oc2c(Cl)ccc(CNC(=O)c3cc4ccc(Cl)cc4[nH]3)c2F)c1. The highest BCUT2D eigenvalue weighted by Crippen LogP contribution is 2.35. The molecule has 0 aliphatic heterocycles. The molecule has 5 nitrogen and oxygen atoms in total. The Morgan fingerprint density at radius 2 is 1.88 bits per heavy atom. The van der Waals surface area contributed by atoms with E-state index in [0.29, 0.717) is 16.2 Å². The summed E-state index contributed by atoms with van der Waals surface area (Å²) < 4.78 is 20.7. The van der Waals surface area contributed by atoms with Gasteiger partial charge in [0.15, 0.2) is 11.6 Å². The zero-order chi connectivity index (χ0) is 22.8. The van der Waals surface area contributed by atoms with Crippen molar-refractivity contribution in [2.45, 2.75) is 6.54 Å². The second-order valence-electron chi connectivity index (χ2n) is 6.84. The Balaban J connectivity index is 1.53. The van der Waals surface area contributed by atoms with E-state index in [1.165, 1.54) is 30.3 Å². The average molecular weight is 489 g/mol. The predicted octanol–water partition coefficient (Wildman–Crippen LogP) is 6.86. The molecule has 0 saturated carbocycles. The van der Waals surface area contributed by atoms with E-state index in [-0.39, 0.29) is 39.2 Å². The monoisotopic (exact) mass is 487 g/mol. The van der Waals surface area contributed by atoms with Crippen LogP contribution in [0, 0.1) is 17.1 Å². The van der Waals surface area contributed by atoms with Gasteiger partial charge in [0.05, 0.1) is 16.7 Å². The number of ether oxygens (including phenoxy) is 1. The number of aromatic amines is 1. The summed E-state index contributed by atoms with van der Waals surface area (Å²) in [7, 11) is 0. The average Bonchev–Trinajstić information content (AvgIpc) is 3.18. The van der Waals surface area contributed by atoms with Crippen molar-refractivity contribution >= 4 is 51.6 Å². The molecule has 0 atom stereocenters. The van der Waals surface area contributed by atoms with Gasteiger partial charge in [0.1, 0.15) is 11.4 Å². The van der Waals surface area contributed by atoms with Gasteiger partial charge in [-0.25, -0.2) is 4.39 Å². The molecule has 3 aromatic carbocycles. The largest absolute Gasteiger partial charge is 0.453 e. The van der Waals surface area contributed by atoms with Crippen LogP contribution >= 0.6 is 34.8 Å². The van der Waals surface area contributed by atoms with Crippen molar-refractivity contribution in [2.75, 3.05) is 0 Å². The molecule has 2 N–H and O–H groups in total. The van der Waals surface area contributed by atoms with Gasteiger partial charge in [-0.1, -0.05) is 46.9 Å². The van der Waals surface area contributed by atoms with Crippen molar-refractivity contribution in [3.63, 3.8) is 0 Å². The second kappa shape index (κ2) is 9.09. The smallest absolute Gasteiger partial charge is 0.267 e. The van der Waals surface area contributed by atoms with Gasteiger partial charge < -0.3 is 15.0 Å². The molecule has 0 bridgehead atoms. The number of nitrogens with one attached hydrogen (secondary N) is 2. The molecule has 4 rings (SSSR count). The molecular weight excluding hydrogens is 476 g/mol. The van der Waals surface area contributed by atoms with Crippen LogP contribution in [0.1, 0.15) is 21.6 Å². The van der Waals surface area contributed by atoms with Gasteiger partial charge >= 0.3 is 0 Å². The predicted molar refractivity (Wildman–Crippen MR) is 122 cm³/mol. The lowest BCUT2D eigenvalue weighted by Gasteiger charge is -2.13. The summed E-state index contributed by atoms with van der Waals surface area (Å²) in [5.74, 6) is -1.22. The van der Waals surface area contributed by atoms with Crippen molar-refractivity contribution in [3.05, 3.63) is 92.3 Å². The van der Waals surface area contributed by atoms with Crippen LogP contribution < -0.4 is 10.1 Å². The highest BCUT2D eigenvalue weighted by Gasteiger charge is 2.17. The van der Waals surface area contributed by atoms with Crippen LogP contribution in [0.3, 0.4) is 0 Å². The molecular formula is C23H13Cl3FN3O2. The number of carbonyl (C=O) groups excluding carboxylic acids is 1. The molecule has 0 spiro atoms. The summed E-state index contributed by atoms with van der Waals surface area (Å²) in [6.07, 6.45) is 0. The molecule has 0 aliphatic carbocycles. The maximum absolute atomic E-state index is 15.1. The van der Waals surface area contributed by atoms with Gasteiger partial charge in [-0.3, -0.25) is 4.79 Å². The van der Waals surface area contributed by atoms with Gasteiger partial charge in [-0.2, -0.15) is 5.26 Å². The van der Waals surface area contributed by atoms with Crippen molar-refractivity contribution in [3.8, 4) is 17.6 Å². The van der Waals surface area contributed by atoms with Crippen LogP contribution in [0.15, 0.2) is 54.6 Å². The lowest BCUT2D eigenvalue weighted by atomic mass is 10.2. The van der Waals surface area contributed by atoms with E-state index in [1.54, 1.807) is 24.3 Å². The minimum absolute atomic E-state index is 0.0311. The highest BCUT2D eigenvalue weighted by molar-refractivity contribution is 6.32. The van der Waals surface area contributed by atoms with Crippen LogP contribution in [0.25, 0.3) is 10.9 Å². The first-order valence-corrected chi connectivity index (χ1v) is 10.4. The molecule has 9 heteroatoms. The first kappa shape index (κ1) is 22.0. The Hall–Kier alpha value is -3.24. The third kappa shape index (κ3) is 4.66. The lowest BCUT2D eigenvalue weighted by Crippen LogP contribution is -2.23. The first-order valence-electron chi connectivity index (χ1n) is 9.26. The number of H-pyrrole nitrogens is 1. The van der Waals surface area contributed by atoms with E-state index in [4.69, 9.17) is 44.8 Å². The van der Waals surface area contributed by atoms with Gasteiger partial charge in [-0.15, -0.1) is 0 Å². The molecule has 1 aromatic heterocycles. The third-order valence-corrected chi connectivity index (χ3v) is 5.37. The number of hydrogen-bond acceptors (Lipinski definition) is 3. The van der Waals surface area contributed by atoms with Gasteiger partial charge in [-0.05, 0) is 42.5 Å². The van der Waals surface area contributed by atoms with E-state index in [9.17, 15) is 4.79 Å². The summed E-state index contributed by atoms with van der Waals surface area (Å²) in [5.41, 5.74) is 1.46. The Morgan fingerprint density at radius 1 is 1.06 bits per heavy atom. The number of halogens is 4. The maximum Gasteiger partial charge on any atom is 0.267 e. The minimum atomic E-state index is -0.736. The van der Waals surface area contributed by atoms with Crippen LogP contribution in [0.5, 0.6) is 11.5 Å². The fourth-order valence-corrected chi connectivity index (χ4v) is 3.68. The number of rotatable bonds is 5. The minimum Gasteiger partial charge on any atom is -0.453 e. The number of nitriles is 1. The van der Waals surface area contributed by atoms with Crippen molar-refractivity contribution in [1.82, 2.24) is 10.3 Å². The molecule has 1 heterocycles. The number of benzene rings is 3. The van der Waals surface area contributed by atoms with E-state index < -0.39 is 11.7 Å². The zero-order valence-electron chi connectivity index (χ0n) is 16.2. The van der Waals surface area contributed by atoms with E-state index in [0.717, 1.165) is 5.39 Å². The quantitative estimate of drug-likeness (QED) is 0.322. The zero-order valence-corrected chi connectivity index (χ0v) is 18.4. The van der Waals surface area contributed by atoms with Crippen molar-refractivity contribution < 1.29 is 13.9 Å². The van der Waals surface area contributed by atoms with Crippen molar-refractivity contribution in [1.29, 1.82) is 5.26 Å². The summed E-state index contributed by atoms with van der Waals surface area (Å²) in [4.78, 5) is 15.5. The fourth-order valence-electron chi connectivity index (χ4n) is 3.10. The lowest BCUT2D eigenvalue weighted by molar-refractivity contribution is 0.0946. The summed E-state index contributed by atoms with van der Waals surface area (Å²) in [5, 5.41) is 13.4. The third-order valence-electron chi connectivity index (χ3n) is 4.62. The number of fused-ring (bicyclic) bond motifs is 1. The van der Waals surface area contributed by atoms with Crippen LogP contribution in [0.4, 0.5) is 4.39 Å². The topological polar surface area (TPSA) is 77.9 Å². The maximum atomic E-state index is 15.1. The van der Waals surface area contributed by atoms with E-state index >= 15 is 4.39 Å². The van der Waals surface area contributed by atoms with E-state index in [2.05, 4.69) is 10.3 Å². The van der Waals surface area contributed by atoms with Crippen LogP contribution in [-0.2, 0) is 6.54 Å². The van der Waals surface area contributed by atoms with E-state index in [1.807, 2.05) is 6.07 Å². The van der Waals surface area contributed by atoms with Gasteiger partial charge in [0.25, 0.3) is 5.91 Å². The molecule has 0 unspecified atom stereocenters. The Bertz CT molecular complexity index is 1400. The molecule has 160 valence electrons. The standard InChI is InChI=1S/C23H13Cl3FN3O2/c24-15-3-1-13-7-20(30-19(13)9-15)23(31)29-11-14-2-4-18(26)22(21(14)27)32-17-6-12(10-28)5-16(25)8-17/h1-9,30H,11H2,(H,29,31). The molecule has 0 radical (unpaired) electrons. The Morgan fingerprint density at radius 3 is 2.66 bits per heavy atom. The molecule has 0 aliphatic rings. The van der Waals surface area contributed by atoms with Crippen LogP contribution in [0.2, 0.25) is 15.1 Å². The number of amides is 1. The fraction of sp³-hybridized carbons (Fsp3) is 0.0435. The molecule has 4 aromatic rings. The highest BCUT2D eigenvalue weighted by atomic mass is 35.5. The number of nitrogens with zero attached hydrogens (tertiary/aromatic N) is 1. The Labute approximate surface area is 197 Å². The van der Waals surface area contributed by atoms with Crippen LogP contribution in [-0.4, -0.2) is 10.9 Å². The molecule has 0 saturated heterocycles. The summed E-state index contributed by atoms with van der Waals surface area (Å²) in [6.45, 7) is -0.104. The van der Waals surface area contributed by atoms with Crippen molar-refractivity contribution in [2.24, 2.45) is 0 Å². The second-order valence-corrected chi connectivity index (χ2v) is 8.12. The van der Waals surface area contributed by atoms with Gasteiger partial charge in [0, 0.05) is 33.1 Å². The molecule has 1 amide bonds. The normalized spacial score (nSPS) is 10.7. The molecule has 0 fully saturated rings. The number of aromatic nitrogens is 1. The number of carbonyl (C=O) groups is 1. The Kier molecular flexibility index (Phi) is 6.24. The molecule has 32 heavy (non-hydrogen) atoms. The summed E-state index contributed by atoms with van der Waals surface area (Å²) >= 11 is 18.1. The first-order chi connectivity index (χ1) is 15.3. The van der Waals surface area contributed by atoms with Gasteiger partial charge in [0.2, 0.25) is 0 Å². The summed E-state index contributed by atoms with van der Waals surface area (Å²) in [6, 6.07) is 16.1.